The monoisotopic (exact) mass is 402 g/mol. The number of anilines is 1. The zero-order valence-electron chi connectivity index (χ0n) is 16.2. The van der Waals surface area contributed by atoms with E-state index in [1.807, 2.05) is 36.4 Å². The van der Waals surface area contributed by atoms with Crippen LogP contribution in [0.4, 0.5) is 5.69 Å². The zero-order chi connectivity index (χ0) is 19.9. The molecular formula is C22H27ClN2O3. The number of rotatable bonds is 8. The van der Waals surface area contributed by atoms with Crippen LogP contribution in [-0.2, 0) is 11.2 Å². The molecule has 1 heterocycles. The largest absolute Gasteiger partial charge is 0.497 e. The lowest BCUT2D eigenvalue weighted by atomic mass is 10.0. The minimum atomic E-state index is -0.772. The van der Waals surface area contributed by atoms with Crippen molar-refractivity contribution in [2.45, 2.75) is 25.3 Å². The van der Waals surface area contributed by atoms with Gasteiger partial charge in [-0.15, -0.1) is 0 Å². The van der Waals surface area contributed by atoms with E-state index < -0.39 is 5.97 Å². The van der Waals surface area contributed by atoms with Crippen molar-refractivity contribution in [3.05, 3.63) is 59.1 Å². The third-order valence-electron chi connectivity index (χ3n) is 5.34. The minimum Gasteiger partial charge on any atom is -0.497 e. The van der Waals surface area contributed by atoms with E-state index in [1.165, 1.54) is 5.56 Å². The molecule has 1 aliphatic heterocycles. The van der Waals surface area contributed by atoms with E-state index in [0.29, 0.717) is 0 Å². The van der Waals surface area contributed by atoms with Crippen molar-refractivity contribution < 1.29 is 14.6 Å². The second kappa shape index (κ2) is 9.80. The fourth-order valence-corrected chi connectivity index (χ4v) is 3.91. The number of nitrogens with zero attached hydrogens (tertiary/aromatic N) is 2. The van der Waals surface area contributed by atoms with Crippen LogP contribution in [0, 0.1) is 0 Å². The van der Waals surface area contributed by atoms with Crippen LogP contribution >= 0.6 is 11.6 Å². The molecule has 0 amide bonds. The van der Waals surface area contributed by atoms with Gasteiger partial charge in [0.2, 0.25) is 0 Å². The molecule has 0 unspecified atom stereocenters. The van der Waals surface area contributed by atoms with Crippen LogP contribution in [-0.4, -0.2) is 55.3 Å². The van der Waals surface area contributed by atoms with E-state index in [1.54, 1.807) is 7.11 Å². The highest BCUT2D eigenvalue weighted by atomic mass is 35.5. The third-order valence-corrected chi connectivity index (χ3v) is 5.59. The Labute approximate surface area is 171 Å². The highest BCUT2D eigenvalue weighted by Crippen LogP contribution is 2.26. The summed E-state index contributed by atoms with van der Waals surface area (Å²) in [5, 5.41) is 10.1. The quantitative estimate of drug-likeness (QED) is 0.724. The number of piperidine rings is 1. The van der Waals surface area contributed by atoms with Gasteiger partial charge in [-0.05, 0) is 49.1 Å². The number of halogens is 1. The normalized spacial score (nSPS) is 15.0. The molecule has 150 valence electrons. The molecule has 2 aromatic rings. The fourth-order valence-electron chi connectivity index (χ4n) is 3.78. The van der Waals surface area contributed by atoms with Gasteiger partial charge >= 0.3 is 5.97 Å². The Kier molecular flexibility index (Phi) is 7.18. The summed E-state index contributed by atoms with van der Waals surface area (Å²) in [5.41, 5.74) is 2.33. The predicted molar refractivity (Wildman–Crippen MR) is 113 cm³/mol. The van der Waals surface area contributed by atoms with Gasteiger partial charge < -0.3 is 14.7 Å². The van der Waals surface area contributed by atoms with Crippen LogP contribution in [0.1, 0.15) is 18.4 Å². The molecule has 28 heavy (non-hydrogen) atoms. The van der Waals surface area contributed by atoms with Gasteiger partial charge in [0.1, 0.15) is 5.75 Å². The SMILES string of the molecule is COc1cccc(N2CCC(N(CCc3ccc(Cl)cc3)CC(=O)O)CC2)c1. The number of hydrogen-bond donors (Lipinski definition) is 1. The third kappa shape index (κ3) is 5.63. The number of carboxylic acids is 1. The Morgan fingerprint density at radius 3 is 2.57 bits per heavy atom. The molecule has 0 bridgehead atoms. The Morgan fingerprint density at radius 1 is 1.21 bits per heavy atom. The summed E-state index contributed by atoms with van der Waals surface area (Å²) in [6.07, 6.45) is 2.72. The highest BCUT2D eigenvalue weighted by Gasteiger charge is 2.26. The maximum absolute atomic E-state index is 11.4. The summed E-state index contributed by atoms with van der Waals surface area (Å²) in [6, 6.07) is 16.2. The fraction of sp³-hybridized carbons (Fsp3) is 0.409. The molecule has 0 aromatic heterocycles. The molecular weight excluding hydrogens is 376 g/mol. The number of aliphatic carboxylic acids is 1. The van der Waals surface area contributed by atoms with Crippen molar-refractivity contribution in [3.63, 3.8) is 0 Å². The van der Waals surface area contributed by atoms with E-state index >= 15 is 0 Å². The molecule has 1 aliphatic rings. The van der Waals surface area contributed by atoms with Gasteiger partial charge in [-0.2, -0.15) is 0 Å². The molecule has 2 aromatic carbocycles. The highest BCUT2D eigenvalue weighted by molar-refractivity contribution is 6.30. The molecule has 0 aliphatic carbocycles. The number of methoxy groups -OCH3 is 1. The number of ether oxygens (including phenoxy) is 1. The first-order valence-electron chi connectivity index (χ1n) is 9.64. The van der Waals surface area contributed by atoms with Crippen molar-refractivity contribution >= 4 is 23.3 Å². The standard InChI is InChI=1S/C22H27ClN2O3/c1-28-21-4-2-3-20(15-21)24-13-10-19(11-14-24)25(16-22(26)27)12-9-17-5-7-18(23)8-6-17/h2-8,15,19H,9-14,16H2,1H3,(H,26,27). The average Bonchev–Trinajstić information content (AvgIpc) is 2.72. The predicted octanol–water partition coefficient (Wildman–Crippen LogP) is 3.95. The van der Waals surface area contributed by atoms with E-state index in [0.717, 1.165) is 55.4 Å². The molecule has 1 saturated heterocycles. The van der Waals surface area contributed by atoms with Crippen molar-refractivity contribution in [2.24, 2.45) is 0 Å². The molecule has 1 N–H and O–H groups in total. The Balaban J connectivity index is 1.59. The molecule has 5 nitrogen and oxygen atoms in total. The van der Waals surface area contributed by atoms with Crippen molar-refractivity contribution in [1.82, 2.24) is 4.90 Å². The summed E-state index contributed by atoms with van der Waals surface area (Å²) in [7, 11) is 1.68. The van der Waals surface area contributed by atoms with Crippen LogP contribution in [0.15, 0.2) is 48.5 Å². The lowest BCUT2D eigenvalue weighted by Gasteiger charge is -2.39. The Hall–Kier alpha value is -2.24. The summed E-state index contributed by atoms with van der Waals surface area (Å²) >= 11 is 5.95. The second-order valence-electron chi connectivity index (χ2n) is 7.16. The van der Waals surface area contributed by atoms with Gasteiger partial charge in [0.25, 0.3) is 0 Å². The van der Waals surface area contributed by atoms with Crippen molar-refractivity contribution in [1.29, 1.82) is 0 Å². The van der Waals surface area contributed by atoms with Crippen LogP contribution in [0.3, 0.4) is 0 Å². The van der Waals surface area contributed by atoms with Crippen molar-refractivity contribution in [3.8, 4) is 5.75 Å². The number of benzene rings is 2. The molecule has 0 atom stereocenters. The number of hydrogen-bond acceptors (Lipinski definition) is 4. The molecule has 3 rings (SSSR count). The van der Waals surface area contributed by atoms with Gasteiger partial charge in [0.05, 0.1) is 13.7 Å². The maximum Gasteiger partial charge on any atom is 0.317 e. The number of carbonyl (C=O) groups is 1. The summed E-state index contributed by atoms with van der Waals surface area (Å²) in [4.78, 5) is 15.8. The van der Waals surface area contributed by atoms with Gasteiger partial charge in [-0.25, -0.2) is 0 Å². The molecule has 1 fully saturated rings. The summed E-state index contributed by atoms with van der Waals surface area (Å²) in [6.45, 7) is 2.64. The Bertz CT molecular complexity index is 774. The molecule has 0 radical (unpaired) electrons. The maximum atomic E-state index is 11.4. The second-order valence-corrected chi connectivity index (χ2v) is 7.60. The first kappa shape index (κ1) is 20.5. The minimum absolute atomic E-state index is 0.0808. The topological polar surface area (TPSA) is 53.0 Å². The van der Waals surface area contributed by atoms with E-state index in [2.05, 4.69) is 21.9 Å². The van der Waals surface area contributed by atoms with Crippen molar-refractivity contribution in [2.75, 3.05) is 38.2 Å². The van der Waals surface area contributed by atoms with Crippen LogP contribution < -0.4 is 9.64 Å². The van der Waals surface area contributed by atoms with E-state index in [4.69, 9.17) is 16.3 Å². The summed E-state index contributed by atoms with van der Waals surface area (Å²) in [5.74, 6) is 0.0847. The van der Waals surface area contributed by atoms with Crippen LogP contribution in [0.25, 0.3) is 0 Å². The first-order chi connectivity index (χ1) is 13.5. The lowest BCUT2D eigenvalue weighted by Crippen LogP contribution is -2.47. The van der Waals surface area contributed by atoms with Gasteiger partial charge in [0.15, 0.2) is 0 Å². The molecule has 6 heteroatoms. The first-order valence-corrected chi connectivity index (χ1v) is 10.0. The van der Waals surface area contributed by atoms with Gasteiger partial charge in [-0.1, -0.05) is 29.8 Å². The smallest absolute Gasteiger partial charge is 0.317 e. The summed E-state index contributed by atoms with van der Waals surface area (Å²) < 4.78 is 5.32. The lowest BCUT2D eigenvalue weighted by molar-refractivity contribution is -0.139. The molecule has 0 spiro atoms. The average molecular weight is 403 g/mol. The molecule has 0 saturated carbocycles. The zero-order valence-corrected chi connectivity index (χ0v) is 16.9. The van der Waals surface area contributed by atoms with Gasteiger partial charge in [-0.3, -0.25) is 9.69 Å². The van der Waals surface area contributed by atoms with Crippen LogP contribution in [0.2, 0.25) is 5.02 Å². The van der Waals surface area contributed by atoms with Crippen LogP contribution in [0.5, 0.6) is 5.75 Å². The Morgan fingerprint density at radius 2 is 1.93 bits per heavy atom. The van der Waals surface area contributed by atoms with E-state index in [-0.39, 0.29) is 12.6 Å². The van der Waals surface area contributed by atoms with Gasteiger partial charge in [0, 0.05) is 42.5 Å². The van der Waals surface area contributed by atoms with E-state index in [9.17, 15) is 9.90 Å². The number of carboxylic acid groups (broad SMARTS) is 1.